The number of anilines is 1. The van der Waals surface area contributed by atoms with E-state index in [4.69, 9.17) is 15.2 Å². The number of likely N-dealkylation sites (N-methyl/N-ethyl adjacent to an activating group) is 1. The first-order valence-electron chi connectivity index (χ1n) is 9.67. The van der Waals surface area contributed by atoms with Crippen molar-refractivity contribution in [3.8, 4) is 11.5 Å². The number of hydrogen-bond acceptors (Lipinski definition) is 10. The summed E-state index contributed by atoms with van der Waals surface area (Å²) in [6.07, 6.45) is 1.50. The van der Waals surface area contributed by atoms with Gasteiger partial charge < -0.3 is 20.1 Å². The lowest BCUT2D eigenvalue weighted by Crippen LogP contribution is -2.34. The summed E-state index contributed by atoms with van der Waals surface area (Å²) in [5.41, 5.74) is 8.66. The van der Waals surface area contributed by atoms with Gasteiger partial charge in [-0.2, -0.15) is 5.10 Å². The highest BCUT2D eigenvalue weighted by atomic mass is 32.2. The molecule has 168 valence electrons. The number of carbonyl (C=O) groups is 2. The van der Waals surface area contributed by atoms with E-state index < -0.39 is 0 Å². The summed E-state index contributed by atoms with van der Waals surface area (Å²) in [5, 5.41) is 11.8. The molecule has 0 bridgehead atoms. The molecule has 2 rings (SSSR count). The Hall–Kier alpha value is -2.86. The van der Waals surface area contributed by atoms with Gasteiger partial charge in [-0.3, -0.25) is 9.59 Å². The summed E-state index contributed by atoms with van der Waals surface area (Å²) < 4.78 is 11.9. The molecular formula is C19H26N6O4S2. The molecule has 0 spiro atoms. The van der Waals surface area contributed by atoms with Crippen molar-refractivity contribution >= 4 is 46.3 Å². The highest BCUT2D eigenvalue weighted by Gasteiger charge is 2.13. The van der Waals surface area contributed by atoms with E-state index in [0.717, 1.165) is 0 Å². The summed E-state index contributed by atoms with van der Waals surface area (Å²) in [6, 6.07) is 5.20. The van der Waals surface area contributed by atoms with Gasteiger partial charge in [0.05, 0.1) is 18.6 Å². The van der Waals surface area contributed by atoms with E-state index in [1.54, 1.807) is 23.1 Å². The predicted molar refractivity (Wildman–Crippen MR) is 122 cm³/mol. The average Bonchev–Trinajstić information content (AvgIpc) is 3.18. The lowest BCUT2D eigenvalue weighted by Gasteiger charge is -2.19. The molecule has 0 aliphatic carbocycles. The number of amides is 2. The third-order valence-electron chi connectivity index (χ3n) is 3.89. The minimum atomic E-state index is -0.282. The van der Waals surface area contributed by atoms with Crippen LogP contribution in [0.25, 0.3) is 0 Å². The number of nitrogens with zero attached hydrogens (tertiary/aromatic N) is 4. The normalized spacial score (nSPS) is 10.8. The van der Waals surface area contributed by atoms with Crippen molar-refractivity contribution in [2.24, 2.45) is 5.10 Å². The number of nitrogens with one attached hydrogen (secondary N) is 1. The van der Waals surface area contributed by atoms with Crippen LogP contribution in [0, 0.1) is 0 Å². The fraction of sp³-hybridized carbons (Fsp3) is 0.421. The molecule has 3 N–H and O–H groups in total. The van der Waals surface area contributed by atoms with Gasteiger partial charge in [-0.05, 0) is 44.5 Å². The Morgan fingerprint density at radius 2 is 2.00 bits per heavy atom. The Bertz CT molecular complexity index is 901. The fourth-order valence-corrected chi connectivity index (χ4v) is 3.85. The van der Waals surface area contributed by atoms with Crippen LogP contribution in [-0.4, -0.2) is 65.2 Å². The molecule has 0 atom stereocenters. The molecule has 0 aliphatic heterocycles. The molecule has 1 aromatic heterocycles. The quantitative estimate of drug-likeness (QED) is 0.276. The molecule has 0 fully saturated rings. The van der Waals surface area contributed by atoms with Crippen LogP contribution >= 0.6 is 23.1 Å². The second-order valence-corrected chi connectivity index (χ2v) is 8.21. The van der Waals surface area contributed by atoms with Gasteiger partial charge in [0, 0.05) is 13.1 Å². The molecule has 0 radical (unpaired) electrons. The van der Waals surface area contributed by atoms with E-state index in [-0.39, 0.29) is 24.2 Å². The van der Waals surface area contributed by atoms with Gasteiger partial charge >= 0.3 is 0 Å². The maximum Gasteiger partial charge on any atom is 0.260 e. The van der Waals surface area contributed by atoms with Gasteiger partial charge in [-0.1, -0.05) is 23.1 Å². The lowest BCUT2D eigenvalue weighted by molar-refractivity contribution is -0.133. The van der Waals surface area contributed by atoms with Crippen molar-refractivity contribution in [3.05, 3.63) is 23.8 Å². The molecule has 10 nitrogen and oxygen atoms in total. The lowest BCUT2D eigenvalue weighted by atomic mass is 10.2. The number of hydrogen-bond donors (Lipinski definition) is 2. The van der Waals surface area contributed by atoms with Gasteiger partial charge in [0.25, 0.3) is 11.8 Å². The molecule has 31 heavy (non-hydrogen) atoms. The fourth-order valence-electron chi connectivity index (χ4n) is 2.42. The van der Waals surface area contributed by atoms with E-state index >= 15 is 0 Å². The van der Waals surface area contributed by atoms with Crippen LogP contribution in [-0.2, 0) is 9.59 Å². The smallest absolute Gasteiger partial charge is 0.260 e. The van der Waals surface area contributed by atoms with Crippen molar-refractivity contribution in [1.29, 1.82) is 0 Å². The van der Waals surface area contributed by atoms with Crippen LogP contribution < -0.4 is 20.6 Å². The van der Waals surface area contributed by atoms with Crippen LogP contribution in [0.15, 0.2) is 27.6 Å². The number of thioether (sulfide) groups is 1. The molecule has 1 aromatic carbocycles. The number of ether oxygens (including phenoxy) is 2. The van der Waals surface area contributed by atoms with E-state index in [9.17, 15) is 9.59 Å². The molecule has 0 saturated carbocycles. The van der Waals surface area contributed by atoms with Crippen molar-refractivity contribution < 1.29 is 19.1 Å². The number of benzene rings is 1. The van der Waals surface area contributed by atoms with E-state index in [2.05, 4.69) is 20.7 Å². The van der Waals surface area contributed by atoms with Crippen LogP contribution in [0.4, 0.5) is 5.13 Å². The summed E-state index contributed by atoms with van der Waals surface area (Å²) >= 11 is 2.45. The summed E-state index contributed by atoms with van der Waals surface area (Å²) in [5.74, 6) is 0.736. The zero-order valence-corrected chi connectivity index (χ0v) is 19.3. The van der Waals surface area contributed by atoms with Crippen LogP contribution in [0.2, 0.25) is 0 Å². The first kappa shape index (κ1) is 24.4. The third-order valence-corrected chi connectivity index (χ3v) is 5.77. The van der Waals surface area contributed by atoms with E-state index in [1.807, 2.05) is 20.8 Å². The highest BCUT2D eigenvalue weighted by Crippen LogP contribution is 2.28. The second-order valence-electron chi connectivity index (χ2n) is 5.98. The molecule has 2 amide bonds. The SMILES string of the molecule is CCOc1cc(C=NNC(=O)CSc2nnc(N)s2)ccc1OCC(=O)N(CC)CC. The maximum absolute atomic E-state index is 12.1. The third kappa shape index (κ3) is 8.06. The first-order valence-corrected chi connectivity index (χ1v) is 11.5. The zero-order valence-electron chi connectivity index (χ0n) is 17.7. The number of rotatable bonds is 12. The van der Waals surface area contributed by atoms with Crippen LogP contribution in [0.1, 0.15) is 26.3 Å². The largest absolute Gasteiger partial charge is 0.490 e. The van der Waals surface area contributed by atoms with Gasteiger partial charge in [0.15, 0.2) is 22.4 Å². The summed E-state index contributed by atoms with van der Waals surface area (Å²) in [7, 11) is 0. The van der Waals surface area contributed by atoms with Gasteiger partial charge in [0.1, 0.15) is 0 Å². The Morgan fingerprint density at radius 3 is 2.65 bits per heavy atom. The monoisotopic (exact) mass is 466 g/mol. The van der Waals surface area contributed by atoms with E-state index in [0.29, 0.717) is 46.2 Å². The first-order chi connectivity index (χ1) is 15.0. The highest BCUT2D eigenvalue weighted by molar-refractivity contribution is 8.01. The van der Waals surface area contributed by atoms with Crippen molar-refractivity contribution in [3.63, 3.8) is 0 Å². The molecule has 0 unspecified atom stereocenters. The molecule has 12 heteroatoms. The molecule has 2 aromatic rings. The Morgan fingerprint density at radius 1 is 1.23 bits per heavy atom. The number of aromatic nitrogens is 2. The predicted octanol–water partition coefficient (Wildman–Crippen LogP) is 2.01. The van der Waals surface area contributed by atoms with E-state index in [1.165, 1.54) is 29.3 Å². The van der Waals surface area contributed by atoms with Crippen molar-refractivity contribution in [1.82, 2.24) is 20.5 Å². The molecule has 1 heterocycles. The Labute approximate surface area is 189 Å². The van der Waals surface area contributed by atoms with Crippen molar-refractivity contribution in [2.75, 3.05) is 37.8 Å². The number of nitrogen functional groups attached to an aromatic ring is 1. The van der Waals surface area contributed by atoms with Gasteiger partial charge in [-0.25, -0.2) is 5.43 Å². The standard InChI is InChI=1S/C19H26N6O4S2/c1-4-25(5-2)17(27)11-29-14-8-7-13(9-15(14)28-6-3)10-21-22-16(26)12-30-19-24-23-18(20)31-19/h7-10H,4-6,11-12H2,1-3H3,(H2,20,23)(H,22,26). The average molecular weight is 467 g/mol. The molecule has 0 aliphatic rings. The van der Waals surface area contributed by atoms with Gasteiger partial charge in [-0.15, -0.1) is 10.2 Å². The minimum Gasteiger partial charge on any atom is -0.490 e. The topological polar surface area (TPSA) is 132 Å². The summed E-state index contributed by atoms with van der Waals surface area (Å²) in [4.78, 5) is 25.7. The number of carbonyl (C=O) groups excluding carboxylic acids is 2. The van der Waals surface area contributed by atoms with Gasteiger partial charge in [0.2, 0.25) is 5.13 Å². The number of hydrazone groups is 1. The Kier molecular flexibility index (Phi) is 10.0. The Balaban J connectivity index is 1.91. The maximum atomic E-state index is 12.1. The van der Waals surface area contributed by atoms with Crippen LogP contribution in [0.3, 0.4) is 0 Å². The number of nitrogens with two attached hydrogens (primary N) is 1. The summed E-state index contributed by atoms with van der Waals surface area (Å²) in [6.45, 7) is 7.33. The van der Waals surface area contributed by atoms with Crippen LogP contribution in [0.5, 0.6) is 11.5 Å². The second kappa shape index (κ2) is 12.7. The minimum absolute atomic E-state index is 0.0663. The van der Waals surface area contributed by atoms with Crippen molar-refractivity contribution in [2.45, 2.75) is 25.1 Å². The molecule has 0 saturated heterocycles. The molecular weight excluding hydrogens is 440 g/mol. The zero-order chi connectivity index (χ0) is 22.6.